The van der Waals surface area contributed by atoms with Gasteiger partial charge in [0.1, 0.15) is 5.69 Å². The quantitative estimate of drug-likeness (QED) is 0.651. The van der Waals surface area contributed by atoms with Gasteiger partial charge in [0.25, 0.3) is 5.69 Å². The minimum Gasteiger partial charge on any atom is -0.380 e. The summed E-state index contributed by atoms with van der Waals surface area (Å²) in [6.45, 7) is 3.77. The first-order valence-corrected chi connectivity index (χ1v) is 5.56. The second-order valence-corrected chi connectivity index (χ2v) is 4.23. The number of nitrogens with one attached hydrogen (secondary N) is 1. The minimum absolute atomic E-state index is 0.00422. The van der Waals surface area contributed by atoms with E-state index in [1.54, 1.807) is 13.2 Å². The molecule has 6 heteroatoms. The van der Waals surface area contributed by atoms with Crippen molar-refractivity contribution < 1.29 is 9.66 Å². The van der Waals surface area contributed by atoms with E-state index in [-0.39, 0.29) is 17.8 Å². The van der Waals surface area contributed by atoms with E-state index in [0.29, 0.717) is 10.7 Å². The van der Waals surface area contributed by atoms with Gasteiger partial charge in [0.15, 0.2) is 0 Å². The lowest BCUT2D eigenvalue weighted by Crippen LogP contribution is -2.29. The third-order valence-electron chi connectivity index (χ3n) is 2.61. The van der Waals surface area contributed by atoms with E-state index in [0.717, 1.165) is 0 Å². The van der Waals surface area contributed by atoms with Crippen molar-refractivity contribution in [2.45, 2.75) is 26.0 Å². The molecule has 0 saturated carbocycles. The highest BCUT2D eigenvalue weighted by molar-refractivity contribution is 6.31. The molecule has 0 radical (unpaired) electrons. The summed E-state index contributed by atoms with van der Waals surface area (Å²) in [5, 5.41) is 14.3. The van der Waals surface area contributed by atoms with Gasteiger partial charge in [-0.2, -0.15) is 0 Å². The van der Waals surface area contributed by atoms with Crippen LogP contribution in [-0.2, 0) is 4.74 Å². The summed E-state index contributed by atoms with van der Waals surface area (Å²) in [4.78, 5) is 10.4. The molecular weight excluding hydrogens is 244 g/mol. The van der Waals surface area contributed by atoms with Crippen LogP contribution in [0.3, 0.4) is 0 Å². The van der Waals surface area contributed by atoms with Gasteiger partial charge in [0.2, 0.25) is 0 Å². The predicted octanol–water partition coefficient (Wildman–Crippen LogP) is 3.08. The molecule has 94 valence electrons. The molecule has 1 rings (SSSR count). The molecule has 0 heterocycles. The number of methoxy groups -OCH3 is 1. The molecule has 2 atom stereocenters. The molecule has 0 aliphatic heterocycles. The lowest BCUT2D eigenvalue weighted by molar-refractivity contribution is -0.384. The number of hydrogen-bond acceptors (Lipinski definition) is 4. The van der Waals surface area contributed by atoms with Crippen molar-refractivity contribution in [2.24, 2.45) is 0 Å². The van der Waals surface area contributed by atoms with E-state index in [2.05, 4.69) is 5.32 Å². The highest BCUT2D eigenvalue weighted by Gasteiger charge is 2.18. The van der Waals surface area contributed by atoms with Gasteiger partial charge in [-0.05, 0) is 26.0 Å². The number of hydrogen-bond donors (Lipinski definition) is 1. The highest BCUT2D eigenvalue weighted by atomic mass is 35.5. The average molecular weight is 259 g/mol. The van der Waals surface area contributed by atoms with Gasteiger partial charge >= 0.3 is 0 Å². The molecule has 0 bridgehead atoms. The van der Waals surface area contributed by atoms with Gasteiger partial charge in [-0.25, -0.2) is 0 Å². The summed E-state index contributed by atoms with van der Waals surface area (Å²) < 4.78 is 5.15. The molecule has 0 fully saturated rings. The van der Waals surface area contributed by atoms with Crippen molar-refractivity contribution in [1.29, 1.82) is 0 Å². The van der Waals surface area contributed by atoms with Gasteiger partial charge in [0, 0.05) is 24.2 Å². The van der Waals surface area contributed by atoms with Crippen molar-refractivity contribution in [3.05, 3.63) is 33.3 Å². The van der Waals surface area contributed by atoms with E-state index < -0.39 is 4.92 Å². The Labute approximate surface area is 105 Å². The fourth-order valence-corrected chi connectivity index (χ4v) is 1.52. The average Bonchev–Trinajstić information content (AvgIpc) is 2.27. The van der Waals surface area contributed by atoms with Crippen LogP contribution >= 0.6 is 11.6 Å². The van der Waals surface area contributed by atoms with Crippen LogP contribution in [0.15, 0.2) is 18.2 Å². The highest BCUT2D eigenvalue weighted by Crippen LogP contribution is 2.28. The van der Waals surface area contributed by atoms with Crippen LogP contribution < -0.4 is 5.32 Å². The molecule has 0 aromatic heterocycles. The molecule has 17 heavy (non-hydrogen) atoms. The van der Waals surface area contributed by atoms with Gasteiger partial charge < -0.3 is 10.1 Å². The Balaban J connectivity index is 2.96. The Kier molecular flexibility index (Phi) is 4.72. The van der Waals surface area contributed by atoms with Crippen LogP contribution in [0.5, 0.6) is 0 Å². The second kappa shape index (κ2) is 5.84. The maximum atomic E-state index is 10.8. The Morgan fingerprint density at radius 2 is 2.12 bits per heavy atom. The smallest absolute Gasteiger partial charge is 0.292 e. The van der Waals surface area contributed by atoms with E-state index in [1.165, 1.54) is 12.1 Å². The van der Waals surface area contributed by atoms with Crippen LogP contribution in [0, 0.1) is 10.1 Å². The molecule has 0 aliphatic carbocycles. The fraction of sp³-hybridized carbons (Fsp3) is 0.455. The van der Waals surface area contributed by atoms with Crippen molar-refractivity contribution in [3.63, 3.8) is 0 Å². The summed E-state index contributed by atoms with van der Waals surface area (Å²) >= 11 is 5.82. The molecule has 0 spiro atoms. The van der Waals surface area contributed by atoms with Crippen LogP contribution in [0.25, 0.3) is 0 Å². The zero-order valence-electron chi connectivity index (χ0n) is 9.94. The van der Waals surface area contributed by atoms with E-state index in [9.17, 15) is 10.1 Å². The molecule has 1 aromatic rings. The molecule has 0 saturated heterocycles. The van der Waals surface area contributed by atoms with Gasteiger partial charge in [-0.1, -0.05) is 11.6 Å². The predicted molar refractivity (Wildman–Crippen MR) is 67.7 cm³/mol. The number of halogens is 1. The number of benzene rings is 1. The Bertz CT molecular complexity index is 412. The summed E-state index contributed by atoms with van der Waals surface area (Å²) in [6, 6.07) is 4.36. The number of nitro benzene ring substituents is 1. The van der Waals surface area contributed by atoms with E-state index >= 15 is 0 Å². The van der Waals surface area contributed by atoms with Crippen molar-refractivity contribution in [1.82, 2.24) is 0 Å². The maximum Gasteiger partial charge on any atom is 0.292 e. The molecular formula is C11H15ClN2O3. The zero-order chi connectivity index (χ0) is 13.0. The van der Waals surface area contributed by atoms with Crippen molar-refractivity contribution in [2.75, 3.05) is 12.4 Å². The van der Waals surface area contributed by atoms with Crippen LogP contribution in [0.4, 0.5) is 11.4 Å². The Morgan fingerprint density at radius 3 is 2.65 bits per heavy atom. The first-order valence-electron chi connectivity index (χ1n) is 5.19. The minimum atomic E-state index is -0.442. The summed E-state index contributed by atoms with van der Waals surface area (Å²) in [7, 11) is 1.59. The van der Waals surface area contributed by atoms with E-state index in [1.807, 2.05) is 13.8 Å². The number of nitro groups is 1. The molecule has 0 aliphatic rings. The molecule has 0 amide bonds. The molecule has 5 nitrogen and oxygen atoms in total. The van der Waals surface area contributed by atoms with Crippen molar-refractivity contribution in [3.8, 4) is 0 Å². The third-order valence-corrected chi connectivity index (χ3v) is 2.85. The van der Waals surface area contributed by atoms with E-state index in [4.69, 9.17) is 16.3 Å². The summed E-state index contributed by atoms with van der Waals surface area (Å²) in [5.74, 6) is 0. The number of anilines is 1. The van der Waals surface area contributed by atoms with Crippen LogP contribution in [0.2, 0.25) is 5.02 Å². The standard InChI is InChI=1S/C11H15ClN2O3/c1-7(8(2)17-3)13-10-6-9(12)4-5-11(10)14(15)16/h4-8,13H,1-3H3. The topological polar surface area (TPSA) is 64.4 Å². The van der Waals surface area contributed by atoms with Crippen LogP contribution in [-0.4, -0.2) is 24.2 Å². The summed E-state index contributed by atoms with van der Waals surface area (Å²) in [6.07, 6.45) is -0.0615. The monoisotopic (exact) mass is 258 g/mol. The Hall–Kier alpha value is -1.33. The van der Waals surface area contributed by atoms with Gasteiger partial charge in [-0.15, -0.1) is 0 Å². The molecule has 2 unspecified atom stereocenters. The zero-order valence-corrected chi connectivity index (χ0v) is 10.7. The van der Waals surface area contributed by atoms with Crippen molar-refractivity contribution >= 4 is 23.0 Å². The fourth-order valence-electron chi connectivity index (χ4n) is 1.35. The lowest BCUT2D eigenvalue weighted by Gasteiger charge is -2.20. The second-order valence-electron chi connectivity index (χ2n) is 3.79. The Morgan fingerprint density at radius 1 is 1.47 bits per heavy atom. The normalized spacial score (nSPS) is 14.1. The molecule has 1 N–H and O–H groups in total. The first kappa shape index (κ1) is 13.7. The van der Waals surface area contributed by atoms with Gasteiger partial charge in [0.05, 0.1) is 11.0 Å². The number of nitrogens with zero attached hydrogens (tertiary/aromatic N) is 1. The van der Waals surface area contributed by atoms with Gasteiger partial charge in [-0.3, -0.25) is 10.1 Å². The number of ether oxygens (including phenoxy) is 1. The SMILES string of the molecule is COC(C)C(C)Nc1cc(Cl)ccc1[N+](=O)[O-]. The maximum absolute atomic E-state index is 10.8. The van der Waals surface area contributed by atoms with Crippen LogP contribution in [0.1, 0.15) is 13.8 Å². The third kappa shape index (κ3) is 3.57. The number of rotatable bonds is 5. The summed E-state index contributed by atoms with van der Waals surface area (Å²) in [5.41, 5.74) is 0.406. The largest absolute Gasteiger partial charge is 0.380 e. The first-order chi connectivity index (χ1) is 7.95. The molecule has 1 aromatic carbocycles. The lowest BCUT2D eigenvalue weighted by atomic mass is 10.2.